The molecular formula is C32H41N2O7P. The van der Waals surface area contributed by atoms with E-state index in [0.29, 0.717) is 31.4 Å². The first-order valence-electron chi connectivity index (χ1n) is 14.6. The molecule has 2 aromatic carbocycles. The predicted octanol–water partition coefficient (Wildman–Crippen LogP) is 5.55. The number of amides is 2. The number of aryl methyl sites for hydroxylation is 1. The third-order valence-corrected chi connectivity index (χ3v) is 8.72. The molecule has 2 aliphatic rings. The number of carbonyl (C=O) groups excluding carboxylic acids is 3. The van der Waals surface area contributed by atoms with E-state index >= 15 is 0 Å². The topological polar surface area (TPSA) is 111 Å². The van der Waals surface area contributed by atoms with E-state index in [1.807, 2.05) is 48.5 Å². The van der Waals surface area contributed by atoms with Gasteiger partial charge in [-0.25, -0.2) is 0 Å². The second kappa shape index (κ2) is 13.4. The van der Waals surface area contributed by atoms with Gasteiger partial charge in [-0.2, -0.15) is 0 Å². The van der Waals surface area contributed by atoms with Crippen molar-refractivity contribution in [3.05, 3.63) is 65.7 Å². The molecule has 0 saturated heterocycles. The Morgan fingerprint density at radius 1 is 1.02 bits per heavy atom. The molecule has 0 aromatic heterocycles. The summed E-state index contributed by atoms with van der Waals surface area (Å²) in [6.45, 7) is 7.08. The van der Waals surface area contributed by atoms with Crippen molar-refractivity contribution in [3.8, 4) is 0 Å². The minimum Gasteiger partial charge on any atom is -0.459 e. The fourth-order valence-electron chi connectivity index (χ4n) is 5.89. The Bertz CT molecular complexity index is 1270. The summed E-state index contributed by atoms with van der Waals surface area (Å²) in [5.74, 6) is -1.38. The number of carbonyl (C=O) groups is 3. The highest BCUT2D eigenvalue weighted by molar-refractivity contribution is 7.25. The van der Waals surface area contributed by atoms with Gasteiger partial charge in [-0.3, -0.25) is 23.8 Å². The molecule has 1 heterocycles. The van der Waals surface area contributed by atoms with Gasteiger partial charge < -0.3 is 19.5 Å². The summed E-state index contributed by atoms with van der Waals surface area (Å²) < 4.78 is 30.8. The third-order valence-electron chi connectivity index (χ3n) is 7.80. The van der Waals surface area contributed by atoms with E-state index in [-0.39, 0.29) is 19.8 Å². The van der Waals surface area contributed by atoms with Crippen LogP contribution in [0.5, 0.6) is 0 Å². The lowest BCUT2D eigenvalue weighted by Crippen LogP contribution is -2.59. The molecule has 0 spiro atoms. The molecule has 0 bridgehead atoms. The van der Waals surface area contributed by atoms with Crippen molar-refractivity contribution in [3.63, 3.8) is 0 Å². The number of rotatable bonds is 11. The second-order valence-corrected chi connectivity index (χ2v) is 12.6. The van der Waals surface area contributed by atoms with Gasteiger partial charge in [-0.05, 0) is 70.6 Å². The SMILES string of the molecule is CCOC(OCc1ccccc1)(P=O)C1(C(=O)NC2CCc3ccccc3N(CC(=O)OC(C)(C)C)C2=O)CCCC1. The van der Waals surface area contributed by atoms with Crippen LogP contribution in [0.1, 0.15) is 70.9 Å². The van der Waals surface area contributed by atoms with E-state index in [4.69, 9.17) is 14.2 Å². The molecule has 2 unspecified atom stereocenters. The molecular weight excluding hydrogens is 555 g/mol. The largest absolute Gasteiger partial charge is 0.459 e. The number of nitrogens with one attached hydrogen (secondary N) is 1. The van der Waals surface area contributed by atoms with Crippen molar-refractivity contribution in [1.29, 1.82) is 0 Å². The van der Waals surface area contributed by atoms with E-state index in [1.165, 1.54) is 4.90 Å². The van der Waals surface area contributed by atoms with Gasteiger partial charge in [0.1, 0.15) is 23.6 Å². The van der Waals surface area contributed by atoms with Gasteiger partial charge in [-0.1, -0.05) is 61.4 Å². The van der Waals surface area contributed by atoms with Gasteiger partial charge in [0.05, 0.1) is 6.61 Å². The first-order chi connectivity index (χ1) is 20.0. The van der Waals surface area contributed by atoms with Crippen molar-refractivity contribution in [2.45, 2.75) is 90.0 Å². The van der Waals surface area contributed by atoms with Crippen LogP contribution in [-0.2, 0) is 46.2 Å². The monoisotopic (exact) mass is 596 g/mol. The Hall–Kier alpha value is -3.13. The number of fused-ring (bicyclic) bond motifs is 1. The van der Waals surface area contributed by atoms with Gasteiger partial charge in [0.15, 0.2) is 0 Å². The Kier molecular flexibility index (Phi) is 10.2. The number of hydrogen-bond donors (Lipinski definition) is 1. The number of para-hydroxylation sites is 1. The van der Waals surface area contributed by atoms with Gasteiger partial charge in [0, 0.05) is 12.3 Å². The Labute approximate surface area is 249 Å². The van der Waals surface area contributed by atoms with Crippen LogP contribution in [0.2, 0.25) is 0 Å². The van der Waals surface area contributed by atoms with Crippen molar-refractivity contribution >= 4 is 31.9 Å². The maximum atomic E-state index is 14.3. The summed E-state index contributed by atoms with van der Waals surface area (Å²) in [6.07, 6.45) is 3.09. The van der Waals surface area contributed by atoms with Crippen LogP contribution in [0.25, 0.3) is 0 Å². The van der Waals surface area contributed by atoms with Gasteiger partial charge in [0.25, 0.3) is 5.53 Å². The molecule has 2 aromatic rings. The van der Waals surface area contributed by atoms with Crippen LogP contribution in [0.3, 0.4) is 0 Å². The molecule has 0 radical (unpaired) electrons. The number of anilines is 1. The maximum Gasteiger partial charge on any atom is 0.326 e. The highest BCUT2D eigenvalue weighted by Gasteiger charge is 2.61. The number of nitrogens with zero attached hydrogens (tertiary/aromatic N) is 1. The highest BCUT2D eigenvalue weighted by atomic mass is 31.1. The van der Waals surface area contributed by atoms with Crippen LogP contribution < -0.4 is 10.2 Å². The minimum atomic E-state index is -1.73. The normalized spacial score (nSPS) is 20.0. The summed E-state index contributed by atoms with van der Waals surface area (Å²) in [5, 5.41) is 2.99. The summed E-state index contributed by atoms with van der Waals surface area (Å²) in [6, 6.07) is 15.9. The zero-order valence-electron chi connectivity index (χ0n) is 24.9. The molecule has 1 fully saturated rings. The number of ether oxygens (including phenoxy) is 3. The lowest BCUT2D eigenvalue weighted by atomic mass is 9.83. The lowest BCUT2D eigenvalue weighted by Gasteiger charge is -2.42. The molecule has 1 aliphatic carbocycles. The molecule has 1 N–H and O–H groups in total. The highest BCUT2D eigenvalue weighted by Crippen LogP contribution is 2.54. The van der Waals surface area contributed by atoms with Crippen LogP contribution >= 0.6 is 8.46 Å². The predicted molar refractivity (Wildman–Crippen MR) is 159 cm³/mol. The summed E-state index contributed by atoms with van der Waals surface area (Å²) in [4.78, 5) is 42.5. The van der Waals surface area contributed by atoms with Gasteiger partial charge in [0.2, 0.25) is 20.3 Å². The zero-order valence-corrected chi connectivity index (χ0v) is 25.8. The third kappa shape index (κ3) is 6.91. The quantitative estimate of drug-likeness (QED) is 0.206. The number of hydrogen-bond acceptors (Lipinski definition) is 7. The molecule has 2 atom stereocenters. The maximum absolute atomic E-state index is 14.3. The summed E-state index contributed by atoms with van der Waals surface area (Å²) >= 11 is 0. The van der Waals surface area contributed by atoms with Crippen molar-refractivity contribution in [1.82, 2.24) is 5.32 Å². The summed E-state index contributed by atoms with van der Waals surface area (Å²) in [5.41, 5.74) is -1.35. The van der Waals surface area contributed by atoms with Crippen LogP contribution in [0.15, 0.2) is 54.6 Å². The minimum absolute atomic E-state index is 0.104. The fourth-order valence-corrected chi connectivity index (χ4v) is 6.69. The van der Waals surface area contributed by atoms with E-state index in [1.54, 1.807) is 33.8 Å². The summed E-state index contributed by atoms with van der Waals surface area (Å²) in [7, 11) is -0.464. The lowest BCUT2D eigenvalue weighted by molar-refractivity contribution is -0.240. The van der Waals surface area contributed by atoms with Gasteiger partial charge >= 0.3 is 5.97 Å². The smallest absolute Gasteiger partial charge is 0.326 e. The molecule has 9 nitrogen and oxygen atoms in total. The molecule has 10 heteroatoms. The Morgan fingerprint density at radius 2 is 1.69 bits per heavy atom. The molecule has 1 saturated carbocycles. The van der Waals surface area contributed by atoms with E-state index in [2.05, 4.69) is 5.32 Å². The Balaban J connectivity index is 1.62. The second-order valence-electron chi connectivity index (χ2n) is 11.9. The van der Waals surface area contributed by atoms with Crippen molar-refractivity contribution in [2.24, 2.45) is 5.41 Å². The van der Waals surface area contributed by atoms with Crippen molar-refractivity contribution in [2.75, 3.05) is 18.1 Å². The molecule has 2 amide bonds. The zero-order chi connectivity index (χ0) is 30.4. The van der Waals surface area contributed by atoms with E-state index < -0.39 is 48.8 Å². The molecule has 226 valence electrons. The first-order valence-corrected chi connectivity index (χ1v) is 15.4. The standard InChI is InChI=1S/C32H41N2O7P/c1-5-39-32(42-38,40-22-23-13-7-6-8-14-23)31(19-11-12-20-31)29(37)33-25-18-17-24-15-9-10-16-26(24)34(28(25)36)21-27(35)41-30(2,3)4/h6-10,13-16,25H,5,11-12,17-22H2,1-4H3,(H,33,37). The first kappa shape index (κ1) is 31.8. The number of benzene rings is 2. The average molecular weight is 597 g/mol. The number of esters is 1. The van der Waals surface area contributed by atoms with Crippen molar-refractivity contribution < 1.29 is 33.2 Å². The fraction of sp³-hybridized carbons (Fsp3) is 0.531. The Morgan fingerprint density at radius 3 is 2.33 bits per heavy atom. The molecule has 42 heavy (non-hydrogen) atoms. The van der Waals surface area contributed by atoms with Crippen LogP contribution in [0, 0.1) is 5.41 Å². The average Bonchev–Trinajstić information content (AvgIpc) is 3.43. The van der Waals surface area contributed by atoms with Crippen LogP contribution in [0.4, 0.5) is 5.69 Å². The molecule has 4 rings (SSSR count). The van der Waals surface area contributed by atoms with Gasteiger partial charge in [-0.15, -0.1) is 0 Å². The van der Waals surface area contributed by atoms with E-state index in [9.17, 15) is 18.9 Å². The molecule has 1 aliphatic heterocycles. The van der Waals surface area contributed by atoms with E-state index in [0.717, 1.165) is 24.0 Å². The van der Waals surface area contributed by atoms with Crippen LogP contribution in [-0.4, -0.2) is 48.1 Å².